The van der Waals surface area contributed by atoms with Crippen molar-refractivity contribution in [1.82, 2.24) is 5.32 Å². The maximum Gasteiger partial charge on any atom is 0.221 e. The summed E-state index contributed by atoms with van der Waals surface area (Å²) in [5.41, 5.74) is 6.98. The van der Waals surface area contributed by atoms with Crippen LogP contribution in [-0.4, -0.2) is 19.6 Å². The second kappa shape index (κ2) is 7.63. The fourth-order valence-electron chi connectivity index (χ4n) is 3.49. The maximum atomic E-state index is 12.5. The van der Waals surface area contributed by atoms with Gasteiger partial charge in [-0.25, -0.2) is 0 Å². The van der Waals surface area contributed by atoms with Crippen LogP contribution >= 0.6 is 0 Å². The Bertz CT molecular complexity index is 496. The van der Waals surface area contributed by atoms with Gasteiger partial charge in [0, 0.05) is 12.0 Å². The van der Waals surface area contributed by atoms with E-state index in [-0.39, 0.29) is 17.4 Å². The van der Waals surface area contributed by atoms with Gasteiger partial charge in [-0.15, -0.1) is 0 Å². The van der Waals surface area contributed by atoms with Gasteiger partial charge in [0.1, 0.15) is 5.75 Å². The molecule has 122 valence electrons. The van der Waals surface area contributed by atoms with Gasteiger partial charge in [0.15, 0.2) is 0 Å². The summed E-state index contributed by atoms with van der Waals surface area (Å²) in [6.45, 7) is 2.59. The predicted octanol–water partition coefficient (Wildman–Crippen LogP) is 3.17. The fourth-order valence-corrected chi connectivity index (χ4v) is 3.49. The van der Waals surface area contributed by atoms with Crippen LogP contribution in [0.2, 0.25) is 0 Å². The normalized spacial score (nSPS) is 18.5. The molecule has 0 aliphatic heterocycles. The van der Waals surface area contributed by atoms with Gasteiger partial charge in [0.2, 0.25) is 5.91 Å². The van der Waals surface area contributed by atoms with Crippen molar-refractivity contribution < 1.29 is 9.53 Å². The van der Waals surface area contributed by atoms with Crippen LogP contribution in [0.5, 0.6) is 5.75 Å². The lowest BCUT2D eigenvalue weighted by Crippen LogP contribution is -2.39. The number of amides is 1. The maximum absolute atomic E-state index is 12.5. The molecule has 22 heavy (non-hydrogen) atoms. The molecule has 0 heterocycles. The molecule has 1 aliphatic rings. The molecule has 0 aromatic heterocycles. The summed E-state index contributed by atoms with van der Waals surface area (Å²) < 4.78 is 5.37. The zero-order chi connectivity index (χ0) is 16.0. The molecule has 1 aromatic carbocycles. The first-order valence-corrected chi connectivity index (χ1v) is 8.22. The first-order chi connectivity index (χ1) is 10.6. The Labute approximate surface area is 133 Å². The smallest absolute Gasteiger partial charge is 0.221 e. The van der Waals surface area contributed by atoms with Crippen LogP contribution in [0.25, 0.3) is 0 Å². The average Bonchev–Trinajstić information content (AvgIpc) is 2.55. The lowest BCUT2D eigenvalue weighted by atomic mass is 9.71. The number of rotatable bonds is 6. The number of carbonyl (C=O) groups is 1. The molecule has 1 saturated carbocycles. The molecule has 0 saturated heterocycles. The minimum Gasteiger partial charge on any atom is -0.496 e. The van der Waals surface area contributed by atoms with Gasteiger partial charge in [0.05, 0.1) is 13.2 Å². The largest absolute Gasteiger partial charge is 0.496 e. The van der Waals surface area contributed by atoms with Gasteiger partial charge in [0.25, 0.3) is 0 Å². The van der Waals surface area contributed by atoms with E-state index >= 15 is 0 Å². The van der Waals surface area contributed by atoms with Crippen molar-refractivity contribution in [2.75, 3.05) is 13.7 Å². The molecule has 1 amide bonds. The topological polar surface area (TPSA) is 64.3 Å². The Morgan fingerprint density at radius 3 is 2.64 bits per heavy atom. The van der Waals surface area contributed by atoms with Crippen molar-refractivity contribution in [3.05, 3.63) is 29.8 Å². The number of benzene rings is 1. The van der Waals surface area contributed by atoms with Crippen LogP contribution in [0.15, 0.2) is 24.3 Å². The average molecular weight is 304 g/mol. The zero-order valence-electron chi connectivity index (χ0n) is 13.7. The molecule has 4 nitrogen and oxygen atoms in total. The van der Waals surface area contributed by atoms with Crippen LogP contribution < -0.4 is 15.8 Å². The highest BCUT2D eigenvalue weighted by Crippen LogP contribution is 2.38. The molecule has 3 N–H and O–H groups in total. The van der Waals surface area contributed by atoms with Crippen molar-refractivity contribution in [2.24, 2.45) is 11.1 Å². The molecule has 0 radical (unpaired) electrons. The van der Waals surface area contributed by atoms with E-state index in [4.69, 9.17) is 10.5 Å². The van der Waals surface area contributed by atoms with Gasteiger partial charge < -0.3 is 15.8 Å². The number of carbonyl (C=O) groups excluding carboxylic acids is 1. The summed E-state index contributed by atoms with van der Waals surface area (Å²) in [4.78, 5) is 12.5. The van der Waals surface area contributed by atoms with E-state index in [1.165, 1.54) is 19.3 Å². The summed E-state index contributed by atoms with van der Waals surface area (Å²) in [6, 6.07) is 7.73. The highest BCUT2D eigenvalue weighted by Gasteiger charge is 2.33. The van der Waals surface area contributed by atoms with E-state index in [1.807, 2.05) is 31.2 Å². The van der Waals surface area contributed by atoms with E-state index < -0.39 is 0 Å². The Hall–Kier alpha value is -1.55. The van der Waals surface area contributed by atoms with E-state index in [1.54, 1.807) is 7.11 Å². The Kier molecular flexibility index (Phi) is 5.83. The third kappa shape index (κ3) is 4.01. The molecule has 1 unspecified atom stereocenters. The third-order valence-corrected chi connectivity index (χ3v) is 4.87. The number of para-hydroxylation sites is 1. The van der Waals surface area contributed by atoms with E-state index in [0.717, 1.165) is 24.2 Å². The van der Waals surface area contributed by atoms with Crippen molar-refractivity contribution >= 4 is 5.91 Å². The Morgan fingerprint density at radius 1 is 1.32 bits per heavy atom. The number of methoxy groups -OCH3 is 1. The summed E-state index contributed by atoms with van der Waals surface area (Å²) in [5, 5.41) is 3.10. The number of hydrogen-bond donors (Lipinski definition) is 2. The third-order valence-electron chi connectivity index (χ3n) is 4.87. The first-order valence-electron chi connectivity index (χ1n) is 8.22. The number of nitrogens with one attached hydrogen (secondary N) is 1. The van der Waals surface area contributed by atoms with Crippen molar-refractivity contribution in [3.63, 3.8) is 0 Å². The molecule has 1 fully saturated rings. The lowest BCUT2D eigenvalue weighted by molar-refractivity contribution is -0.124. The quantitative estimate of drug-likeness (QED) is 0.848. The fraction of sp³-hybridized carbons (Fsp3) is 0.611. The molecule has 4 heteroatoms. The summed E-state index contributed by atoms with van der Waals surface area (Å²) in [6.07, 6.45) is 6.31. The highest BCUT2D eigenvalue weighted by atomic mass is 16.5. The van der Waals surface area contributed by atoms with Gasteiger partial charge >= 0.3 is 0 Å². The summed E-state index contributed by atoms with van der Waals surface area (Å²) in [5.74, 6) is 0.896. The first kappa shape index (κ1) is 16.8. The predicted molar refractivity (Wildman–Crippen MR) is 88.7 cm³/mol. The van der Waals surface area contributed by atoms with Crippen LogP contribution in [0.1, 0.15) is 57.1 Å². The minimum absolute atomic E-state index is 0.00281. The second-order valence-corrected chi connectivity index (χ2v) is 6.47. The van der Waals surface area contributed by atoms with Crippen molar-refractivity contribution in [3.8, 4) is 5.75 Å². The lowest BCUT2D eigenvalue weighted by Gasteiger charge is -2.36. The van der Waals surface area contributed by atoms with Gasteiger partial charge in [-0.3, -0.25) is 4.79 Å². The molecular formula is C18H28N2O2. The van der Waals surface area contributed by atoms with Crippen molar-refractivity contribution in [1.29, 1.82) is 0 Å². The molecule has 0 bridgehead atoms. The second-order valence-electron chi connectivity index (χ2n) is 6.47. The number of ether oxygens (including phenoxy) is 1. The number of hydrogen-bond acceptors (Lipinski definition) is 3. The molecular weight excluding hydrogens is 276 g/mol. The summed E-state index contributed by atoms with van der Waals surface area (Å²) in [7, 11) is 1.65. The zero-order valence-corrected chi connectivity index (χ0v) is 13.7. The molecule has 1 aromatic rings. The number of nitrogens with two attached hydrogens (primary N) is 1. The van der Waals surface area contributed by atoms with Crippen LogP contribution in [-0.2, 0) is 4.79 Å². The molecule has 1 aliphatic carbocycles. The van der Waals surface area contributed by atoms with E-state index in [2.05, 4.69) is 5.32 Å². The monoisotopic (exact) mass is 304 g/mol. The molecule has 0 spiro atoms. The van der Waals surface area contributed by atoms with E-state index in [9.17, 15) is 4.79 Å². The van der Waals surface area contributed by atoms with Gasteiger partial charge in [-0.2, -0.15) is 0 Å². The van der Waals surface area contributed by atoms with E-state index in [0.29, 0.717) is 13.0 Å². The van der Waals surface area contributed by atoms with Crippen LogP contribution in [0.3, 0.4) is 0 Å². The standard InChI is InChI=1S/C18H28N2O2/c1-14(15-8-4-5-9-16(15)22-2)20-17(21)12-18(13-19)10-6-3-7-11-18/h4-5,8-9,14H,3,6-7,10-13,19H2,1-2H3,(H,20,21). The Morgan fingerprint density at radius 2 is 2.00 bits per heavy atom. The minimum atomic E-state index is -0.0675. The van der Waals surface area contributed by atoms with Crippen LogP contribution in [0.4, 0.5) is 0 Å². The molecule has 2 rings (SSSR count). The Balaban J connectivity index is 1.98. The van der Waals surface area contributed by atoms with Crippen molar-refractivity contribution in [2.45, 2.75) is 51.5 Å². The summed E-state index contributed by atoms with van der Waals surface area (Å²) >= 11 is 0. The van der Waals surface area contributed by atoms with Crippen LogP contribution in [0, 0.1) is 5.41 Å². The van der Waals surface area contributed by atoms with Gasteiger partial charge in [-0.1, -0.05) is 37.5 Å². The molecule has 1 atom stereocenters. The SMILES string of the molecule is COc1ccccc1C(C)NC(=O)CC1(CN)CCCCC1. The highest BCUT2D eigenvalue weighted by molar-refractivity contribution is 5.77. The van der Waals surface area contributed by atoms with Gasteiger partial charge in [-0.05, 0) is 37.8 Å².